The van der Waals surface area contributed by atoms with Gasteiger partial charge in [0.05, 0.1) is 11.9 Å². The van der Waals surface area contributed by atoms with Crippen molar-refractivity contribution in [1.82, 2.24) is 24.3 Å². The molecule has 1 spiro atoms. The van der Waals surface area contributed by atoms with Gasteiger partial charge in [0.1, 0.15) is 23.4 Å². The summed E-state index contributed by atoms with van der Waals surface area (Å²) in [4.78, 5) is 37.3. The van der Waals surface area contributed by atoms with Gasteiger partial charge in [0.15, 0.2) is 0 Å². The van der Waals surface area contributed by atoms with Gasteiger partial charge in [0.2, 0.25) is 5.91 Å². The lowest BCUT2D eigenvalue weighted by molar-refractivity contribution is -0.118. The minimum Gasteiger partial charge on any atom is -0.444 e. The van der Waals surface area contributed by atoms with E-state index in [4.69, 9.17) is 4.74 Å². The number of anilines is 1. The second kappa shape index (κ2) is 10.5. The van der Waals surface area contributed by atoms with Gasteiger partial charge in [-0.1, -0.05) is 13.8 Å². The third kappa shape index (κ3) is 5.94. The van der Waals surface area contributed by atoms with Gasteiger partial charge < -0.3 is 19.5 Å². The van der Waals surface area contributed by atoms with Crippen LogP contribution in [0.4, 0.5) is 19.4 Å². The molecule has 2 atom stereocenters. The van der Waals surface area contributed by atoms with E-state index in [1.54, 1.807) is 4.90 Å². The molecule has 0 bridgehead atoms. The SMILES string of the molecule is CC(C)C(=O)Nc1ncnc2c1ccn2[C@H]1CC[C@@H](CN2CC(F)(F)CC23CCN(C(=O)OC(C)(C)C)CC3)C1. The van der Waals surface area contributed by atoms with Crippen LogP contribution >= 0.6 is 0 Å². The lowest BCUT2D eigenvalue weighted by Gasteiger charge is -2.45. The summed E-state index contributed by atoms with van der Waals surface area (Å²) in [6, 6.07) is 2.15. The third-order valence-electron chi connectivity index (χ3n) is 8.69. The molecule has 3 fully saturated rings. The van der Waals surface area contributed by atoms with Crippen LogP contribution < -0.4 is 5.32 Å². The number of fused-ring (bicyclic) bond motifs is 1. The van der Waals surface area contributed by atoms with E-state index in [1.165, 1.54) is 6.33 Å². The third-order valence-corrected chi connectivity index (χ3v) is 8.69. The summed E-state index contributed by atoms with van der Waals surface area (Å²) >= 11 is 0. The maximum Gasteiger partial charge on any atom is 0.410 e. The molecule has 0 aromatic carbocycles. The number of alkyl halides is 2. The molecule has 1 aliphatic carbocycles. The van der Waals surface area contributed by atoms with E-state index in [0.29, 0.717) is 44.2 Å². The normalized spacial score (nSPS) is 24.8. The molecule has 11 heteroatoms. The Labute approximate surface area is 234 Å². The van der Waals surface area contributed by atoms with Crippen LogP contribution in [0, 0.1) is 11.8 Å². The quantitative estimate of drug-likeness (QED) is 0.521. The second-order valence-corrected chi connectivity index (χ2v) is 13.3. The van der Waals surface area contributed by atoms with E-state index in [1.807, 2.05) is 51.8 Å². The van der Waals surface area contributed by atoms with Crippen LogP contribution in [0.5, 0.6) is 0 Å². The van der Waals surface area contributed by atoms with Crippen molar-refractivity contribution in [2.24, 2.45) is 11.8 Å². The average Bonchev–Trinajstić information content (AvgIpc) is 3.55. The number of hydrogen-bond acceptors (Lipinski definition) is 6. The lowest BCUT2D eigenvalue weighted by atomic mass is 9.84. The monoisotopic (exact) mass is 560 g/mol. The molecule has 2 saturated heterocycles. The highest BCUT2D eigenvalue weighted by atomic mass is 19.3. The number of ether oxygens (including phenoxy) is 1. The van der Waals surface area contributed by atoms with Crippen LogP contribution in [0.15, 0.2) is 18.6 Å². The Morgan fingerprint density at radius 1 is 1.18 bits per heavy atom. The zero-order chi connectivity index (χ0) is 28.9. The minimum atomic E-state index is -2.73. The minimum absolute atomic E-state index is 0.0954. The average molecular weight is 561 g/mol. The zero-order valence-electron chi connectivity index (χ0n) is 24.3. The number of halogens is 2. The first-order valence-corrected chi connectivity index (χ1v) is 14.5. The smallest absolute Gasteiger partial charge is 0.410 e. The summed E-state index contributed by atoms with van der Waals surface area (Å²) in [6.07, 6.45) is 6.78. The van der Waals surface area contributed by atoms with Crippen LogP contribution in [0.2, 0.25) is 0 Å². The maximum absolute atomic E-state index is 14.8. The van der Waals surface area contributed by atoms with Crippen molar-refractivity contribution < 1.29 is 23.1 Å². The van der Waals surface area contributed by atoms with Gasteiger partial charge in [-0.3, -0.25) is 9.69 Å². The predicted molar refractivity (Wildman–Crippen MR) is 148 cm³/mol. The molecule has 220 valence electrons. The number of amides is 2. The Balaban J connectivity index is 1.25. The number of rotatable bonds is 5. The molecular weight excluding hydrogens is 518 g/mol. The molecule has 9 nitrogen and oxygen atoms in total. The number of hydrogen-bond donors (Lipinski definition) is 1. The molecule has 2 amide bonds. The number of carbonyl (C=O) groups excluding carboxylic acids is 2. The van der Waals surface area contributed by atoms with Crippen molar-refractivity contribution in [3.8, 4) is 0 Å². The molecule has 3 aliphatic rings. The van der Waals surface area contributed by atoms with Crippen LogP contribution in [0.1, 0.15) is 79.2 Å². The van der Waals surface area contributed by atoms with E-state index >= 15 is 0 Å². The number of piperidine rings is 1. The summed E-state index contributed by atoms with van der Waals surface area (Å²) in [7, 11) is 0. The molecule has 4 heterocycles. The molecule has 5 rings (SSSR count). The van der Waals surface area contributed by atoms with Gasteiger partial charge in [-0.05, 0) is 64.9 Å². The standard InChI is InChI=1S/C29H42F2N6O3/c1-19(2)25(38)34-23-22-8-11-37(24(22)33-18-32-23)21-7-6-20(14-21)15-36-17-29(30,31)16-28(36)9-12-35(13-10-28)26(39)40-27(3,4)5/h8,11,18-21H,6-7,9-10,12-17H2,1-5H3,(H,32,33,34,38)/t20-,21+/m1/s1. The van der Waals surface area contributed by atoms with Gasteiger partial charge in [-0.15, -0.1) is 0 Å². The maximum atomic E-state index is 14.8. The molecule has 2 aromatic heterocycles. The van der Waals surface area contributed by atoms with Crippen LogP contribution in [0.25, 0.3) is 11.0 Å². The highest BCUT2D eigenvalue weighted by Crippen LogP contribution is 2.47. The highest BCUT2D eigenvalue weighted by Gasteiger charge is 2.56. The first kappa shape index (κ1) is 28.7. The Kier molecular flexibility index (Phi) is 7.56. The Hall–Kier alpha value is -2.82. The summed E-state index contributed by atoms with van der Waals surface area (Å²) in [5, 5.41) is 3.69. The van der Waals surface area contributed by atoms with Crippen molar-refractivity contribution in [2.45, 2.75) is 96.2 Å². The summed E-state index contributed by atoms with van der Waals surface area (Å²) in [5.74, 6) is -2.18. The van der Waals surface area contributed by atoms with E-state index in [9.17, 15) is 18.4 Å². The Bertz CT molecular complexity index is 1250. The van der Waals surface area contributed by atoms with E-state index in [2.05, 4.69) is 19.9 Å². The van der Waals surface area contributed by atoms with Gasteiger partial charge in [0.25, 0.3) is 5.92 Å². The fourth-order valence-corrected chi connectivity index (χ4v) is 6.68. The second-order valence-electron chi connectivity index (χ2n) is 13.3. The van der Waals surface area contributed by atoms with Crippen molar-refractivity contribution in [1.29, 1.82) is 0 Å². The molecule has 0 unspecified atom stereocenters. The number of carbonyl (C=O) groups is 2. The largest absolute Gasteiger partial charge is 0.444 e. The molecule has 1 saturated carbocycles. The first-order valence-electron chi connectivity index (χ1n) is 14.5. The van der Waals surface area contributed by atoms with E-state index < -0.39 is 17.1 Å². The Morgan fingerprint density at radius 3 is 2.58 bits per heavy atom. The van der Waals surface area contributed by atoms with E-state index in [0.717, 1.165) is 30.3 Å². The van der Waals surface area contributed by atoms with Gasteiger partial charge in [0, 0.05) is 49.8 Å². The van der Waals surface area contributed by atoms with Crippen LogP contribution in [0.3, 0.4) is 0 Å². The van der Waals surface area contributed by atoms with Gasteiger partial charge in [-0.2, -0.15) is 0 Å². The summed E-state index contributed by atoms with van der Waals surface area (Å²) in [5.41, 5.74) is -0.395. The number of likely N-dealkylation sites (tertiary alicyclic amines) is 2. The van der Waals surface area contributed by atoms with E-state index in [-0.39, 0.29) is 36.9 Å². The fraction of sp³-hybridized carbons (Fsp3) is 0.724. The molecular formula is C29H42F2N6O3. The molecule has 1 N–H and O–H groups in total. The van der Waals surface area contributed by atoms with Crippen molar-refractivity contribution in [3.63, 3.8) is 0 Å². The van der Waals surface area contributed by atoms with Crippen LogP contribution in [-0.4, -0.2) is 79.6 Å². The Morgan fingerprint density at radius 2 is 1.90 bits per heavy atom. The van der Waals surface area contributed by atoms with Crippen molar-refractivity contribution >= 4 is 28.9 Å². The number of aromatic nitrogens is 3. The summed E-state index contributed by atoms with van der Waals surface area (Å²) in [6.45, 7) is 10.4. The van der Waals surface area contributed by atoms with Crippen molar-refractivity contribution in [3.05, 3.63) is 18.6 Å². The first-order chi connectivity index (χ1) is 18.8. The predicted octanol–water partition coefficient (Wildman–Crippen LogP) is 5.48. The molecule has 2 aliphatic heterocycles. The van der Waals surface area contributed by atoms with Crippen molar-refractivity contribution in [2.75, 3.05) is 31.5 Å². The van der Waals surface area contributed by atoms with Gasteiger partial charge >= 0.3 is 6.09 Å². The topological polar surface area (TPSA) is 92.6 Å². The van der Waals surface area contributed by atoms with Gasteiger partial charge in [-0.25, -0.2) is 23.5 Å². The molecule has 40 heavy (non-hydrogen) atoms. The molecule has 2 aromatic rings. The van der Waals surface area contributed by atoms with Crippen LogP contribution in [-0.2, 0) is 9.53 Å². The number of nitrogens with zero attached hydrogens (tertiary/aromatic N) is 5. The summed E-state index contributed by atoms with van der Waals surface area (Å²) < 4.78 is 37.3. The lowest BCUT2D eigenvalue weighted by Crippen LogP contribution is -2.54. The molecule has 0 radical (unpaired) electrons. The zero-order valence-corrected chi connectivity index (χ0v) is 24.3. The highest BCUT2D eigenvalue weighted by molar-refractivity contribution is 5.99. The number of nitrogens with one attached hydrogen (secondary N) is 1. The fourth-order valence-electron chi connectivity index (χ4n) is 6.68.